The third-order valence-electron chi connectivity index (χ3n) is 9.29. The van der Waals surface area contributed by atoms with Crippen LogP contribution < -0.4 is 0 Å². The zero-order valence-electron chi connectivity index (χ0n) is 25.5. The summed E-state index contributed by atoms with van der Waals surface area (Å²) in [4.78, 5) is 30.0. The normalized spacial score (nSPS) is 25.5. The predicted octanol–water partition coefficient (Wildman–Crippen LogP) is 6.76. The lowest BCUT2D eigenvalue weighted by molar-refractivity contribution is -0.344. The summed E-state index contributed by atoms with van der Waals surface area (Å²) in [5.41, 5.74) is 0.0215. The number of unbranched alkanes of at least 4 members (excludes halogenated alkanes) is 4. The lowest BCUT2D eigenvalue weighted by Gasteiger charge is -2.53. The average molecular weight is 511 g/mol. The van der Waals surface area contributed by atoms with Gasteiger partial charge in [-0.3, -0.25) is 14.6 Å². The lowest BCUT2D eigenvalue weighted by atomic mass is 9.78. The van der Waals surface area contributed by atoms with Crippen molar-refractivity contribution in [2.75, 3.05) is 20.7 Å². The topological polar surface area (TPSA) is 51.2 Å². The zero-order chi connectivity index (χ0) is 27.4. The fourth-order valence-electron chi connectivity index (χ4n) is 6.45. The van der Waals surface area contributed by atoms with Gasteiger partial charge in [-0.2, -0.15) is 0 Å². The molecule has 0 spiro atoms. The Morgan fingerprint density at radius 3 is 1.67 bits per heavy atom. The number of carbonyl (C=O) groups excluding carboxylic acids is 1. The molecule has 2 rings (SSSR count). The van der Waals surface area contributed by atoms with Crippen molar-refractivity contribution in [1.82, 2.24) is 9.80 Å². The number of ether oxygens (including phenoxy) is 1. The molecule has 1 unspecified atom stereocenters. The van der Waals surface area contributed by atoms with Gasteiger partial charge in [0.05, 0.1) is 18.6 Å². The predicted molar refractivity (Wildman–Crippen MR) is 148 cm³/mol. The third kappa shape index (κ3) is 8.41. The minimum Gasteiger partial charge on any atom is -0.462 e. The minimum atomic E-state index is -0.287. The molecule has 2 aliphatic rings. The Morgan fingerprint density at radius 1 is 0.750 bits per heavy atom. The van der Waals surface area contributed by atoms with E-state index in [9.17, 15) is 4.79 Å². The molecule has 6 nitrogen and oxygen atoms in total. The molecule has 0 N–H and O–H groups in total. The Hall–Kier alpha value is -0.690. The standard InChI is InChI=1S/C30H58N2O4/c1-12-13-14-15-16-17-23(22-34-36-25-20-29(6,7)32(11)30(8,9)21-25)26(33)35-24-18-27(2,3)31(10)28(4,5)19-24/h23-25H,12-22H2,1-11H3. The van der Waals surface area contributed by atoms with Crippen molar-refractivity contribution in [3.8, 4) is 0 Å². The summed E-state index contributed by atoms with van der Waals surface area (Å²) in [6, 6.07) is 0. The van der Waals surface area contributed by atoms with Gasteiger partial charge >= 0.3 is 5.97 Å². The Morgan fingerprint density at radius 2 is 1.19 bits per heavy atom. The first kappa shape index (κ1) is 31.5. The van der Waals surface area contributed by atoms with Crippen molar-refractivity contribution in [1.29, 1.82) is 0 Å². The molecular formula is C30H58N2O4. The molecular weight excluding hydrogens is 452 g/mol. The molecule has 2 saturated heterocycles. The number of hydrogen-bond acceptors (Lipinski definition) is 6. The molecule has 212 valence electrons. The number of likely N-dealkylation sites (tertiary alicyclic amines) is 2. The number of rotatable bonds is 12. The molecule has 0 amide bonds. The number of carbonyl (C=O) groups is 1. The number of hydrogen-bond donors (Lipinski definition) is 0. The van der Waals surface area contributed by atoms with Gasteiger partial charge in [-0.05, 0) is 88.7 Å². The largest absolute Gasteiger partial charge is 0.462 e. The molecule has 0 aromatic rings. The molecule has 1 atom stereocenters. The van der Waals surface area contributed by atoms with E-state index >= 15 is 0 Å². The van der Waals surface area contributed by atoms with E-state index in [0.29, 0.717) is 0 Å². The van der Waals surface area contributed by atoms with Crippen molar-refractivity contribution < 1.29 is 19.3 Å². The zero-order valence-corrected chi connectivity index (χ0v) is 25.5. The lowest BCUT2D eigenvalue weighted by Crippen LogP contribution is -2.60. The summed E-state index contributed by atoms with van der Waals surface area (Å²) in [5.74, 6) is -0.413. The number of nitrogens with zero attached hydrogens (tertiary/aromatic N) is 2. The van der Waals surface area contributed by atoms with Crippen molar-refractivity contribution in [3.05, 3.63) is 0 Å². The molecule has 0 aromatic heterocycles. The molecule has 0 aliphatic carbocycles. The first-order valence-electron chi connectivity index (χ1n) is 14.5. The Kier molecular flexibility index (Phi) is 10.9. The number of esters is 1. The average Bonchev–Trinajstić information content (AvgIpc) is 2.73. The van der Waals surface area contributed by atoms with E-state index in [-0.39, 0.29) is 52.9 Å². The van der Waals surface area contributed by atoms with E-state index in [2.05, 4.69) is 86.2 Å². The highest BCUT2D eigenvalue weighted by molar-refractivity contribution is 5.72. The summed E-state index contributed by atoms with van der Waals surface area (Å²) in [5, 5.41) is 0. The highest BCUT2D eigenvalue weighted by Crippen LogP contribution is 2.39. The maximum absolute atomic E-state index is 13.4. The van der Waals surface area contributed by atoms with Crippen LogP contribution in [0.4, 0.5) is 0 Å². The Balaban J connectivity index is 1.98. The van der Waals surface area contributed by atoms with Gasteiger partial charge < -0.3 is 4.74 Å². The maximum Gasteiger partial charge on any atom is 0.311 e. The summed E-state index contributed by atoms with van der Waals surface area (Å²) in [6.45, 7) is 20.5. The highest BCUT2D eigenvalue weighted by Gasteiger charge is 2.46. The molecule has 36 heavy (non-hydrogen) atoms. The molecule has 2 aliphatic heterocycles. The van der Waals surface area contributed by atoms with E-state index in [4.69, 9.17) is 14.5 Å². The van der Waals surface area contributed by atoms with Crippen molar-refractivity contribution in [2.24, 2.45) is 5.92 Å². The van der Waals surface area contributed by atoms with Crippen molar-refractivity contribution >= 4 is 5.97 Å². The van der Waals surface area contributed by atoms with E-state index < -0.39 is 0 Å². The Labute approximate surface area is 222 Å². The van der Waals surface area contributed by atoms with E-state index in [0.717, 1.165) is 44.9 Å². The van der Waals surface area contributed by atoms with Crippen LogP contribution in [0.3, 0.4) is 0 Å². The van der Waals surface area contributed by atoms with Crippen LogP contribution in [0.2, 0.25) is 0 Å². The van der Waals surface area contributed by atoms with Gasteiger partial charge in [0.2, 0.25) is 0 Å². The molecule has 0 bridgehead atoms. The van der Waals surface area contributed by atoms with Gasteiger partial charge in [-0.1, -0.05) is 39.0 Å². The fraction of sp³-hybridized carbons (Fsp3) is 0.967. The van der Waals surface area contributed by atoms with Crippen LogP contribution in [0.15, 0.2) is 0 Å². The SMILES string of the molecule is CCCCCCCC(COOC1CC(C)(C)N(C)C(C)(C)C1)C(=O)OC1CC(C)(C)N(C)C(C)(C)C1. The van der Waals surface area contributed by atoms with Gasteiger partial charge in [0.15, 0.2) is 0 Å². The van der Waals surface area contributed by atoms with E-state index in [1.807, 2.05) is 0 Å². The third-order valence-corrected chi connectivity index (χ3v) is 9.29. The van der Waals surface area contributed by atoms with Crippen LogP contribution in [-0.2, 0) is 19.3 Å². The van der Waals surface area contributed by atoms with Crippen LogP contribution >= 0.6 is 0 Å². The van der Waals surface area contributed by atoms with Crippen LogP contribution in [0, 0.1) is 5.92 Å². The highest BCUT2D eigenvalue weighted by atomic mass is 17.2. The monoisotopic (exact) mass is 510 g/mol. The first-order valence-corrected chi connectivity index (χ1v) is 14.5. The molecule has 0 radical (unpaired) electrons. The van der Waals surface area contributed by atoms with E-state index in [1.165, 1.54) is 19.3 Å². The molecule has 0 aromatic carbocycles. The number of piperidine rings is 2. The van der Waals surface area contributed by atoms with Crippen LogP contribution in [0.1, 0.15) is 127 Å². The molecule has 6 heteroatoms. The maximum atomic E-state index is 13.4. The Bertz CT molecular complexity index is 667. The van der Waals surface area contributed by atoms with Gasteiger partial charge in [-0.15, -0.1) is 0 Å². The van der Waals surface area contributed by atoms with Crippen LogP contribution in [0.5, 0.6) is 0 Å². The second kappa shape index (κ2) is 12.4. The summed E-state index contributed by atoms with van der Waals surface area (Å²) in [7, 11) is 4.36. The molecule has 2 heterocycles. The smallest absolute Gasteiger partial charge is 0.311 e. The van der Waals surface area contributed by atoms with Crippen LogP contribution in [0.25, 0.3) is 0 Å². The quantitative estimate of drug-likeness (QED) is 0.125. The fourth-order valence-corrected chi connectivity index (χ4v) is 6.45. The summed E-state index contributed by atoms with van der Waals surface area (Å²) < 4.78 is 6.17. The van der Waals surface area contributed by atoms with Crippen molar-refractivity contribution in [2.45, 2.75) is 161 Å². The summed E-state index contributed by atoms with van der Waals surface area (Å²) >= 11 is 0. The van der Waals surface area contributed by atoms with Crippen LogP contribution in [-0.4, -0.2) is 70.8 Å². The van der Waals surface area contributed by atoms with Gasteiger partial charge in [0.25, 0.3) is 0 Å². The van der Waals surface area contributed by atoms with Gasteiger partial charge in [0, 0.05) is 35.0 Å². The minimum absolute atomic E-state index is 0.0166. The molecule has 2 fully saturated rings. The first-order chi connectivity index (χ1) is 16.5. The summed E-state index contributed by atoms with van der Waals surface area (Å²) in [6.07, 6.45) is 10.1. The van der Waals surface area contributed by atoms with Gasteiger partial charge in [0.1, 0.15) is 6.10 Å². The van der Waals surface area contributed by atoms with Crippen molar-refractivity contribution in [3.63, 3.8) is 0 Å². The van der Waals surface area contributed by atoms with E-state index in [1.54, 1.807) is 0 Å². The second-order valence-electron chi connectivity index (χ2n) is 14.1. The van der Waals surface area contributed by atoms with Gasteiger partial charge in [-0.25, -0.2) is 9.78 Å². The molecule has 0 saturated carbocycles. The second-order valence-corrected chi connectivity index (χ2v) is 14.1.